The van der Waals surface area contributed by atoms with Crippen LogP contribution < -0.4 is 5.32 Å². The lowest BCUT2D eigenvalue weighted by Gasteiger charge is -2.55. The van der Waals surface area contributed by atoms with Crippen LogP contribution in [0.4, 0.5) is 0 Å². The summed E-state index contributed by atoms with van der Waals surface area (Å²) in [6, 6.07) is 1.18. The first-order chi connectivity index (χ1) is 9.63. The van der Waals surface area contributed by atoms with Crippen molar-refractivity contribution < 1.29 is 4.74 Å². The Morgan fingerprint density at radius 3 is 2.55 bits per heavy atom. The molecule has 2 aliphatic rings. The van der Waals surface area contributed by atoms with Gasteiger partial charge in [-0.05, 0) is 25.7 Å². The summed E-state index contributed by atoms with van der Waals surface area (Å²) in [7, 11) is 1.83. The van der Waals surface area contributed by atoms with E-state index >= 15 is 0 Å². The van der Waals surface area contributed by atoms with Gasteiger partial charge < -0.3 is 10.1 Å². The van der Waals surface area contributed by atoms with Crippen LogP contribution in [0.15, 0.2) is 0 Å². The maximum Gasteiger partial charge on any atom is 0.0615 e. The molecule has 1 saturated heterocycles. The number of nitrogens with zero attached hydrogens (tertiary/aromatic N) is 1. The molecule has 0 radical (unpaired) electrons. The van der Waals surface area contributed by atoms with E-state index in [2.05, 4.69) is 31.0 Å². The number of piperazine rings is 1. The largest absolute Gasteiger partial charge is 0.383 e. The summed E-state index contributed by atoms with van der Waals surface area (Å²) in [5, 5.41) is 3.87. The second-order valence-electron chi connectivity index (χ2n) is 7.11. The average molecular weight is 282 g/mol. The Labute approximate surface area is 125 Å². The van der Waals surface area contributed by atoms with Gasteiger partial charge in [0, 0.05) is 37.8 Å². The average Bonchev–Trinajstić information content (AvgIpc) is 2.48. The highest BCUT2D eigenvalue weighted by Gasteiger charge is 2.44. The minimum absolute atomic E-state index is 0.403. The van der Waals surface area contributed by atoms with E-state index in [0.717, 1.165) is 12.5 Å². The van der Waals surface area contributed by atoms with E-state index < -0.39 is 0 Å². The van der Waals surface area contributed by atoms with Crippen molar-refractivity contribution in [3.8, 4) is 0 Å². The van der Waals surface area contributed by atoms with Crippen LogP contribution in [0.1, 0.15) is 59.3 Å². The van der Waals surface area contributed by atoms with Crippen molar-refractivity contribution >= 4 is 0 Å². The molecule has 118 valence electrons. The summed E-state index contributed by atoms with van der Waals surface area (Å²) < 4.78 is 5.45. The van der Waals surface area contributed by atoms with Gasteiger partial charge in [-0.1, -0.05) is 39.5 Å². The molecule has 3 nitrogen and oxygen atoms in total. The van der Waals surface area contributed by atoms with Gasteiger partial charge in [0.05, 0.1) is 6.61 Å². The third-order valence-electron chi connectivity index (χ3n) is 5.75. The van der Waals surface area contributed by atoms with Gasteiger partial charge in [0.15, 0.2) is 0 Å². The first-order valence-corrected chi connectivity index (χ1v) is 8.62. The van der Waals surface area contributed by atoms with Gasteiger partial charge in [0.25, 0.3) is 0 Å². The normalized spacial score (nSPS) is 30.3. The van der Waals surface area contributed by atoms with Crippen molar-refractivity contribution in [2.24, 2.45) is 5.92 Å². The van der Waals surface area contributed by atoms with Crippen LogP contribution in [0, 0.1) is 5.92 Å². The van der Waals surface area contributed by atoms with Crippen molar-refractivity contribution in [3.05, 3.63) is 0 Å². The van der Waals surface area contributed by atoms with Crippen molar-refractivity contribution in [3.63, 3.8) is 0 Å². The number of ether oxygens (including phenoxy) is 1. The Morgan fingerprint density at radius 2 is 1.95 bits per heavy atom. The Kier molecular flexibility index (Phi) is 5.88. The highest BCUT2D eigenvalue weighted by Crippen LogP contribution is 2.37. The molecule has 3 atom stereocenters. The van der Waals surface area contributed by atoms with Crippen molar-refractivity contribution in [2.75, 3.05) is 26.8 Å². The minimum Gasteiger partial charge on any atom is -0.383 e. The molecule has 20 heavy (non-hydrogen) atoms. The van der Waals surface area contributed by atoms with Crippen LogP contribution in [0.25, 0.3) is 0 Å². The molecule has 1 N–H and O–H groups in total. The van der Waals surface area contributed by atoms with E-state index in [4.69, 9.17) is 4.74 Å². The highest BCUT2D eigenvalue weighted by atomic mass is 16.5. The van der Waals surface area contributed by atoms with Crippen molar-refractivity contribution in [1.29, 1.82) is 0 Å². The third kappa shape index (κ3) is 3.37. The van der Waals surface area contributed by atoms with Crippen molar-refractivity contribution in [1.82, 2.24) is 10.2 Å². The molecule has 2 fully saturated rings. The molecule has 0 aromatic carbocycles. The molecule has 2 rings (SSSR count). The maximum absolute atomic E-state index is 5.45. The number of rotatable bonds is 5. The van der Waals surface area contributed by atoms with Crippen LogP contribution in [0.2, 0.25) is 0 Å². The van der Waals surface area contributed by atoms with Crippen LogP contribution in [0.5, 0.6) is 0 Å². The summed E-state index contributed by atoms with van der Waals surface area (Å²) >= 11 is 0. The smallest absolute Gasteiger partial charge is 0.0615 e. The van der Waals surface area contributed by atoms with E-state index in [-0.39, 0.29) is 0 Å². The van der Waals surface area contributed by atoms with E-state index in [1.807, 2.05) is 7.11 Å². The van der Waals surface area contributed by atoms with Crippen LogP contribution in [0.3, 0.4) is 0 Å². The predicted molar refractivity (Wildman–Crippen MR) is 85.1 cm³/mol. The summed E-state index contributed by atoms with van der Waals surface area (Å²) in [5.41, 5.74) is 0.403. The van der Waals surface area contributed by atoms with E-state index in [1.54, 1.807) is 0 Å². The molecule has 1 aliphatic carbocycles. The van der Waals surface area contributed by atoms with Gasteiger partial charge in [-0.2, -0.15) is 0 Å². The topological polar surface area (TPSA) is 24.5 Å². The van der Waals surface area contributed by atoms with Gasteiger partial charge in [-0.15, -0.1) is 0 Å². The Hall–Kier alpha value is -0.120. The number of hydrogen-bond donors (Lipinski definition) is 1. The lowest BCUT2D eigenvalue weighted by molar-refractivity contribution is -0.0447. The molecule has 0 amide bonds. The quantitative estimate of drug-likeness (QED) is 0.839. The summed E-state index contributed by atoms with van der Waals surface area (Å²) in [4.78, 5) is 2.79. The van der Waals surface area contributed by atoms with Crippen molar-refractivity contribution in [2.45, 2.75) is 76.9 Å². The van der Waals surface area contributed by atoms with E-state index in [9.17, 15) is 0 Å². The molecule has 0 aromatic rings. The van der Waals surface area contributed by atoms with Gasteiger partial charge >= 0.3 is 0 Å². The molecular formula is C17H34N2O. The zero-order valence-corrected chi connectivity index (χ0v) is 14.0. The lowest BCUT2D eigenvalue weighted by atomic mass is 9.76. The van der Waals surface area contributed by atoms with Gasteiger partial charge in [-0.25, -0.2) is 0 Å². The zero-order chi connectivity index (χ0) is 14.6. The van der Waals surface area contributed by atoms with Gasteiger partial charge in [0.2, 0.25) is 0 Å². The first-order valence-electron chi connectivity index (χ1n) is 8.62. The molecule has 1 heterocycles. The molecule has 1 spiro atoms. The lowest BCUT2D eigenvalue weighted by Crippen LogP contribution is -2.68. The fourth-order valence-electron chi connectivity index (χ4n) is 4.21. The van der Waals surface area contributed by atoms with E-state index in [1.165, 1.54) is 51.6 Å². The zero-order valence-electron chi connectivity index (χ0n) is 14.0. The molecule has 3 unspecified atom stereocenters. The van der Waals surface area contributed by atoms with Crippen LogP contribution in [-0.4, -0.2) is 49.3 Å². The molecule has 3 heteroatoms. The molecule has 0 bridgehead atoms. The maximum atomic E-state index is 5.45. The molecular weight excluding hydrogens is 248 g/mol. The third-order valence-corrected chi connectivity index (χ3v) is 5.75. The summed E-state index contributed by atoms with van der Waals surface area (Å²) in [6.45, 7) is 10.3. The molecule has 0 aromatic heterocycles. The molecule has 1 saturated carbocycles. The second-order valence-corrected chi connectivity index (χ2v) is 7.11. The first kappa shape index (κ1) is 16.3. The monoisotopic (exact) mass is 282 g/mol. The highest BCUT2D eigenvalue weighted by molar-refractivity contribution is 5.02. The Bertz CT molecular complexity index is 289. The van der Waals surface area contributed by atoms with Gasteiger partial charge in [0.1, 0.15) is 0 Å². The fourth-order valence-corrected chi connectivity index (χ4v) is 4.21. The number of hydrogen-bond acceptors (Lipinski definition) is 3. The van der Waals surface area contributed by atoms with Crippen LogP contribution in [-0.2, 0) is 4.74 Å². The minimum atomic E-state index is 0.403. The molecule has 1 aliphatic heterocycles. The second kappa shape index (κ2) is 7.24. The Balaban J connectivity index is 2.11. The SMILES string of the molecule is CCC(C)C1CN(C(C)COC)C2(CCCCC2)CN1. The summed E-state index contributed by atoms with van der Waals surface area (Å²) in [5.74, 6) is 0.758. The standard InChI is InChI=1S/C17H34N2O/c1-5-14(2)16-11-19(15(3)12-20-4)17(13-18-16)9-7-6-8-10-17/h14-16,18H,5-13H2,1-4H3. The fraction of sp³-hybridized carbons (Fsp3) is 1.00. The van der Waals surface area contributed by atoms with Crippen LogP contribution >= 0.6 is 0 Å². The van der Waals surface area contributed by atoms with Gasteiger partial charge in [-0.3, -0.25) is 4.90 Å². The number of nitrogens with one attached hydrogen (secondary N) is 1. The predicted octanol–water partition coefficient (Wildman–Crippen LogP) is 3.04. The van der Waals surface area contributed by atoms with E-state index in [0.29, 0.717) is 17.6 Å². The number of methoxy groups -OCH3 is 1. The summed E-state index contributed by atoms with van der Waals surface area (Å²) in [6.07, 6.45) is 8.19. The Morgan fingerprint density at radius 1 is 1.25 bits per heavy atom.